The summed E-state index contributed by atoms with van der Waals surface area (Å²) in [6.45, 7) is 0. The molecule has 3 aromatic carbocycles. The van der Waals surface area contributed by atoms with Crippen molar-refractivity contribution in [3.8, 4) is 11.3 Å². The lowest BCUT2D eigenvalue weighted by molar-refractivity contribution is -0.113. The lowest BCUT2D eigenvalue weighted by Crippen LogP contribution is -2.25. The highest BCUT2D eigenvalue weighted by Crippen LogP contribution is 2.36. The Balaban J connectivity index is 1.51. The molecule has 5 nitrogen and oxygen atoms in total. The number of halogens is 2. The van der Waals surface area contributed by atoms with Crippen molar-refractivity contribution in [3.63, 3.8) is 0 Å². The third-order valence-electron chi connectivity index (χ3n) is 5.73. The van der Waals surface area contributed by atoms with Gasteiger partial charge < -0.3 is 9.15 Å². The lowest BCUT2D eigenvalue weighted by atomic mass is 10.1. The molecule has 0 N–H and O–H groups in total. The zero-order chi connectivity index (χ0) is 25.2. The van der Waals surface area contributed by atoms with Crippen LogP contribution in [-0.4, -0.2) is 19.0 Å². The summed E-state index contributed by atoms with van der Waals surface area (Å²) >= 11 is 12.2. The summed E-state index contributed by atoms with van der Waals surface area (Å²) in [5.74, 6) is 0.468. The molecule has 0 spiro atoms. The fourth-order valence-electron chi connectivity index (χ4n) is 3.95. The van der Waals surface area contributed by atoms with Gasteiger partial charge in [-0.05, 0) is 72.3 Å². The van der Waals surface area contributed by atoms with Crippen LogP contribution in [0.25, 0.3) is 23.1 Å². The van der Waals surface area contributed by atoms with E-state index < -0.39 is 5.97 Å². The summed E-state index contributed by atoms with van der Waals surface area (Å²) < 4.78 is 10.8. The van der Waals surface area contributed by atoms with Gasteiger partial charge in [-0.15, -0.1) is 0 Å². The summed E-state index contributed by atoms with van der Waals surface area (Å²) in [5.41, 5.74) is 3.86. The van der Waals surface area contributed by atoms with Crippen LogP contribution in [-0.2, 0) is 9.53 Å². The van der Waals surface area contributed by atoms with E-state index in [9.17, 15) is 9.59 Å². The average Bonchev–Trinajstić information content (AvgIpc) is 3.50. The number of carbonyl (C=O) groups excluding carboxylic acids is 2. The minimum Gasteiger partial charge on any atom is -0.465 e. The lowest BCUT2D eigenvalue weighted by Gasteiger charge is -2.21. The molecule has 0 radical (unpaired) electrons. The van der Waals surface area contributed by atoms with E-state index in [1.54, 1.807) is 53.4 Å². The van der Waals surface area contributed by atoms with E-state index in [0.717, 1.165) is 11.1 Å². The second-order valence-corrected chi connectivity index (χ2v) is 8.82. The minimum absolute atomic E-state index is 0.216. The zero-order valence-corrected chi connectivity index (χ0v) is 20.6. The summed E-state index contributed by atoms with van der Waals surface area (Å²) in [6, 6.07) is 25.2. The van der Waals surface area contributed by atoms with Crippen molar-refractivity contribution in [2.45, 2.75) is 0 Å². The van der Waals surface area contributed by atoms with Gasteiger partial charge in [0.15, 0.2) is 0 Å². The monoisotopic (exact) mass is 515 g/mol. The number of furan rings is 1. The highest BCUT2D eigenvalue weighted by molar-refractivity contribution is 6.42. The summed E-state index contributed by atoms with van der Waals surface area (Å²) in [6.07, 6.45) is 3.53. The Labute approximate surface area is 217 Å². The van der Waals surface area contributed by atoms with Gasteiger partial charge in [-0.1, -0.05) is 53.5 Å². The number of rotatable bonds is 5. The first-order chi connectivity index (χ1) is 17.4. The second kappa shape index (κ2) is 9.90. The van der Waals surface area contributed by atoms with Crippen molar-refractivity contribution in [1.82, 2.24) is 0 Å². The quantitative estimate of drug-likeness (QED) is 0.204. The molecule has 178 valence electrons. The smallest absolute Gasteiger partial charge is 0.337 e. The normalized spacial score (nSPS) is 14.3. The van der Waals surface area contributed by atoms with Crippen LogP contribution in [0.1, 0.15) is 21.7 Å². The van der Waals surface area contributed by atoms with Crippen molar-refractivity contribution in [3.05, 3.63) is 124 Å². The Kier molecular flexibility index (Phi) is 6.51. The molecule has 1 amide bonds. The molecule has 0 bridgehead atoms. The second-order valence-electron chi connectivity index (χ2n) is 8.01. The Morgan fingerprint density at radius 3 is 2.33 bits per heavy atom. The SMILES string of the molecule is COC(=O)c1ccc(N2C(=O)/C(=C\c3ccc(-c4ccc(Cl)c(Cl)c4)o3)C=C2c2ccccc2)cc1. The Morgan fingerprint density at radius 2 is 1.64 bits per heavy atom. The van der Waals surface area contributed by atoms with Crippen LogP contribution in [0.3, 0.4) is 0 Å². The van der Waals surface area contributed by atoms with Crippen molar-refractivity contribution in [2.75, 3.05) is 12.0 Å². The first kappa shape index (κ1) is 23.7. The molecule has 4 aromatic rings. The summed E-state index contributed by atoms with van der Waals surface area (Å²) in [7, 11) is 1.33. The number of methoxy groups -OCH3 is 1. The fourth-order valence-corrected chi connectivity index (χ4v) is 4.24. The van der Waals surface area contributed by atoms with Crippen LogP contribution in [0.4, 0.5) is 5.69 Å². The van der Waals surface area contributed by atoms with E-state index in [0.29, 0.717) is 44.1 Å². The van der Waals surface area contributed by atoms with Crippen LogP contribution in [0, 0.1) is 0 Å². The molecule has 7 heteroatoms. The number of benzene rings is 3. The molecule has 36 heavy (non-hydrogen) atoms. The molecule has 1 aliphatic heterocycles. The molecule has 1 aromatic heterocycles. The summed E-state index contributed by atoms with van der Waals surface area (Å²) in [4.78, 5) is 27.0. The largest absolute Gasteiger partial charge is 0.465 e. The van der Waals surface area contributed by atoms with E-state index >= 15 is 0 Å². The third-order valence-corrected chi connectivity index (χ3v) is 6.47. The van der Waals surface area contributed by atoms with Gasteiger partial charge >= 0.3 is 5.97 Å². The highest BCUT2D eigenvalue weighted by Gasteiger charge is 2.30. The minimum atomic E-state index is -0.440. The molecular weight excluding hydrogens is 497 g/mol. The van der Waals surface area contributed by atoms with Gasteiger partial charge in [0.25, 0.3) is 5.91 Å². The molecule has 0 unspecified atom stereocenters. The number of nitrogens with zero attached hydrogens (tertiary/aromatic N) is 1. The van der Waals surface area contributed by atoms with E-state index in [-0.39, 0.29) is 5.91 Å². The summed E-state index contributed by atoms with van der Waals surface area (Å²) in [5, 5.41) is 0.893. The molecule has 1 aliphatic rings. The van der Waals surface area contributed by atoms with Crippen molar-refractivity contribution in [1.29, 1.82) is 0 Å². The zero-order valence-electron chi connectivity index (χ0n) is 19.1. The first-order valence-corrected chi connectivity index (χ1v) is 11.8. The third kappa shape index (κ3) is 4.59. The molecule has 2 heterocycles. The molecular formula is C29H19Cl2NO4. The van der Waals surface area contributed by atoms with Gasteiger partial charge in [0.2, 0.25) is 0 Å². The van der Waals surface area contributed by atoms with Crippen LogP contribution < -0.4 is 4.90 Å². The van der Waals surface area contributed by atoms with E-state index in [4.69, 9.17) is 32.4 Å². The van der Waals surface area contributed by atoms with Gasteiger partial charge in [-0.3, -0.25) is 9.69 Å². The number of hydrogen-bond acceptors (Lipinski definition) is 4. The fraction of sp³-hybridized carbons (Fsp3) is 0.0345. The molecule has 0 saturated heterocycles. The van der Waals surface area contributed by atoms with Crippen LogP contribution >= 0.6 is 23.2 Å². The van der Waals surface area contributed by atoms with Crippen LogP contribution in [0.5, 0.6) is 0 Å². The van der Waals surface area contributed by atoms with Gasteiger partial charge in [0.1, 0.15) is 11.5 Å². The predicted molar refractivity (Wildman–Crippen MR) is 142 cm³/mol. The highest BCUT2D eigenvalue weighted by atomic mass is 35.5. The van der Waals surface area contributed by atoms with Crippen molar-refractivity contribution < 1.29 is 18.7 Å². The Hall–Kier alpha value is -4.06. The molecule has 5 rings (SSSR count). The van der Waals surface area contributed by atoms with Gasteiger partial charge in [0, 0.05) is 16.8 Å². The van der Waals surface area contributed by atoms with Crippen LogP contribution in [0.2, 0.25) is 10.0 Å². The number of esters is 1. The van der Waals surface area contributed by atoms with Crippen LogP contribution in [0.15, 0.2) is 101 Å². The number of carbonyl (C=O) groups is 2. The maximum Gasteiger partial charge on any atom is 0.337 e. The first-order valence-electron chi connectivity index (χ1n) is 11.0. The van der Waals surface area contributed by atoms with Gasteiger partial charge in [-0.2, -0.15) is 0 Å². The Bertz CT molecular complexity index is 1520. The van der Waals surface area contributed by atoms with E-state index in [2.05, 4.69) is 0 Å². The van der Waals surface area contributed by atoms with E-state index in [1.807, 2.05) is 48.5 Å². The van der Waals surface area contributed by atoms with Gasteiger partial charge in [0.05, 0.1) is 28.4 Å². The number of ether oxygens (including phenoxy) is 1. The standard InChI is InChI=1S/C29H19Cl2NO4/c1-35-29(34)19-7-10-22(11-8-19)32-26(18-5-3-2-4-6-18)17-21(28(32)33)15-23-12-14-27(36-23)20-9-13-24(30)25(31)16-20/h2-17H,1H3/b21-15-. The topological polar surface area (TPSA) is 59.8 Å². The van der Waals surface area contributed by atoms with Gasteiger partial charge in [-0.25, -0.2) is 4.79 Å². The predicted octanol–water partition coefficient (Wildman–Crippen LogP) is 7.51. The molecule has 0 atom stereocenters. The molecule has 0 saturated carbocycles. The number of amides is 1. The maximum absolute atomic E-state index is 13.6. The number of hydrogen-bond donors (Lipinski definition) is 0. The average molecular weight is 516 g/mol. The molecule has 0 aliphatic carbocycles. The Morgan fingerprint density at radius 1 is 0.889 bits per heavy atom. The maximum atomic E-state index is 13.6. The van der Waals surface area contributed by atoms with Crippen molar-refractivity contribution in [2.24, 2.45) is 0 Å². The van der Waals surface area contributed by atoms with Crippen molar-refractivity contribution >= 4 is 52.5 Å². The van der Waals surface area contributed by atoms with E-state index in [1.165, 1.54) is 7.11 Å². The number of anilines is 1. The molecule has 0 fully saturated rings.